The summed E-state index contributed by atoms with van der Waals surface area (Å²) >= 11 is 5.81. The van der Waals surface area contributed by atoms with Gasteiger partial charge in [-0.1, -0.05) is 30.8 Å². The summed E-state index contributed by atoms with van der Waals surface area (Å²) in [6.07, 6.45) is 6.60. The fourth-order valence-corrected chi connectivity index (χ4v) is 2.81. The molecule has 1 aromatic rings. The van der Waals surface area contributed by atoms with Gasteiger partial charge in [-0.25, -0.2) is 0 Å². The van der Waals surface area contributed by atoms with Gasteiger partial charge in [0.2, 0.25) is 5.22 Å². The molecule has 0 unspecified atom stereocenters. The average molecular weight is 300 g/mol. The molecule has 0 aliphatic heterocycles. The molecule has 1 aliphatic rings. The number of nitrogens with zero attached hydrogens (tertiary/aromatic N) is 1. The number of amides is 1. The number of nitrogens with two attached hydrogens (primary N) is 1. The van der Waals surface area contributed by atoms with Crippen LogP contribution in [0.4, 0.5) is 0 Å². The van der Waals surface area contributed by atoms with E-state index in [0.29, 0.717) is 12.8 Å². The van der Waals surface area contributed by atoms with Crippen LogP contribution in [0, 0.1) is 0 Å². The van der Waals surface area contributed by atoms with E-state index in [1.807, 2.05) is 0 Å². The van der Waals surface area contributed by atoms with Crippen LogP contribution in [0.1, 0.15) is 48.9 Å². The zero-order valence-corrected chi connectivity index (χ0v) is 11.8. The molecule has 1 saturated carbocycles. The molecule has 1 heterocycles. The fraction of sp³-hybridized carbons (Fsp3) is 0.538. The van der Waals surface area contributed by atoms with E-state index in [1.54, 1.807) is 0 Å². The van der Waals surface area contributed by atoms with E-state index in [0.717, 1.165) is 25.7 Å². The van der Waals surface area contributed by atoms with Gasteiger partial charge >= 0.3 is 0 Å². The molecule has 0 atom stereocenters. The predicted octanol–water partition coefficient (Wildman–Crippen LogP) is 2.50. The molecule has 0 radical (unpaired) electrons. The highest BCUT2D eigenvalue weighted by molar-refractivity contribution is 6.32. The Balaban J connectivity index is 2.24. The lowest BCUT2D eigenvalue weighted by atomic mass is 9.88. The molecule has 20 heavy (non-hydrogen) atoms. The second kappa shape index (κ2) is 6.17. The number of hydrogen-bond acceptors (Lipinski definition) is 4. The summed E-state index contributed by atoms with van der Waals surface area (Å²) in [5.41, 5.74) is 5.26. The average Bonchev–Trinajstić information content (AvgIpc) is 2.73. The number of halogens is 1. The standard InChI is InChI=1S/C13H18ClN3O3/c14-10-9(5-8-20-10)11(18)16-13(12(15)17-19)6-3-1-2-4-7-13/h5,8,19H,1-4,6-7H2,(H2,15,17)(H,16,18). The van der Waals surface area contributed by atoms with Crippen LogP contribution in [0.2, 0.25) is 5.22 Å². The maximum Gasteiger partial charge on any atom is 0.256 e. The lowest BCUT2D eigenvalue weighted by Gasteiger charge is -2.32. The Bertz CT molecular complexity index is 505. The summed E-state index contributed by atoms with van der Waals surface area (Å²) in [6, 6.07) is 1.49. The maximum atomic E-state index is 12.3. The molecular weight excluding hydrogens is 282 g/mol. The van der Waals surface area contributed by atoms with Gasteiger partial charge in [-0.05, 0) is 30.5 Å². The summed E-state index contributed by atoms with van der Waals surface area (Å²) < 4.78 is 4.91. The predicted molar refractivity (Wildman–Crippen MR) is 75.0 cm³/mol. The fourth-order valence-electron chi connectivity index (χ4n) is 2.61. The van der Waals surface area contributed by atoms with Crippen LogP contribution in [-0.4, -0.2) is 22.5 Å². The number of carbonyl (C=O) groups is 1. The van der Waals surface area contributed by atoms with Gasteiger partial charge < -0.3 is 20.7 Å². The van der Waals surface area contributed by atoms with Crippen LogP contribution in [0.3, 0.4) is 0 Å². The quantitative estimate of drug-likeness (QED) is 0.262. The minimum absolute atomic E-state index is 0.0331. The third-order valence-electron chi connectivity index (χ3n) is 3.77. The van der Waals surface area contributed by atoms with E-state index in [9.17, 15) is 4.79 Å². The monoisotopic (exact) mass is 299 g/mol. The summed E-state index contributed by atoms with van der Waals surface area (Å²) in [7, 11) is 0. The van der Waals surface area contributed by atoms with Crippen molar-refractivity contribution in [3.63, 3.8) is 0 Å². The lowest BCUT2D eigenvalue weighted by molar-refractivity contribution is 0.0915. The Kier molecular flexibility index (Phi) is 4.54. The largest absolute Gasteiger partial charge is 0.452 e. The van der Waals surface area contributed by atoms with Crippen molar-refractivity contribution in [2.45, 2.75) is 44.1 Å². The van der Waals surface area contributed by atoms with Gasteiger partial charge in [0.25, 0.3) is 5.91 Å². The molecule has 1 aromatic heterocycles. The van der Waals surface area contributed by atoms with Crippen molar-refractivity contribution in [3.05, 3.63) is 23.1 Å². The molecular formula is C13H18ClN3O3. The van der Waals surface area contributed by atoms with Crippen LogP contribution >= 0.6 is 11.6 Å². The normalized spacial score (nSPS) is 19.4. The van der Waals surface area contributed by atoms with E-state index in [4.69, 9.17) is 27.0 Å². The van der Waals surface area contributed by atoms with Gasteiger partial charge in [-0.3, -0.25) is 4.79 Å². The summed E-state index contributed by atoms with van der Waals surface area (Å²) in [5.74, 6) is -0.343. The third-order valence-corrected chi connectivity index (χ3v) is 4.06. The molecule has 1 fully saturated rings. The molecule has 1 amide bonds. The first-order chi connectivity index (χ1) is 9.59. The minimum Gasteiger partial charge on any atom is -0.452 e. The molecule has 0 aromatic carbocycles. The molecule has 1 aliphatic carbocycles. The summed E-state index contributed by atoms with van der Waals surface area (Å²) in [6.45, 7) is 0. The molecule has 7 heteroatoms. The summed E-state index contributed by atoms with van der Waals surface area (Å²) in [4.78, 5) is 12.3. The Morgan fingerprint density at radius 1 is 1.40 bits per heavy atom. The highest BCUT2D eigenvalue weighted by atomic mass is 35.5. The highest BCUT2D eigenvalue weighted by Crippen LogP contribution is 2.28. The first-order valence-corrected chi connectivity index (χ1v) is 7.00. The van der Waals surface area contributed by atoms with Crippen molar-refractivity contribution in [1.82, 2.24) is 5.32 Å². The molecule has 6 nitrogen and oxygen atoms in total. The van der Waals surface area contributed by atoms with Crippen LogP contribution < -0.4 is 11.1 Å². The van der Waals surface area contributed by atoms with Gasteiger partial charge in [0.05, 0.1) is 11.8 Å². The van der Waals surface area contributed by atoms with Crippen LogP contribution in [0.15, 0.2) is 21.9 Å². The van der Waals surface area contributed by atoms with Crippen LogP contribution in [0.25, 0.3) is 0 Å². The van der Waals surface area contributed by atoms with Gasteiger partial charge in [-0.2, -0.15) is 0 Å². The third kappa shape index (κ3) is 2.90. The minimum atomic E-state index is -0.817. The van der Waals surface area contributed by atoms with E-state index in [2.05, 4.69) is 10.5 Å². The smallest absolute Gasteiger partial charge is 0.256 e. The van der Waals surface area contributed by atoms with Crippen LogP contribution in [-0.2, 0) is 0 Å². The van der Waals surface area contributed by atoms with Crippen molar-refractivity contribution in [2.24, 2.45) is 10.9 Å². The van der Waals surface area contributed by atoms with E-state index in [1.165, 1.54) is 12.3 Å². The second-order valence-electron chi connectivity index (χ2n) is 5.04. The molecule has 110 valence electrons. The Labute approximate surface area is 122 Å². The van der Waals surface area contributed by atoms with Gasteiger partial charge in [0.1, 0.15) is 5.54 Å². The number of oxime groups is 1. The highest BCUT2D eigenvalue weighted by Gasteiger charge is 2.37. The topological polar surface area (TPSA) is 101 Å². The van der Waals surface area contributed by atoms with Gasteiger partial charge in [-0.15, -0.1) is 0 Å². The Morgan fingerprint density at radius 3 is 2.55 bits per heavy atom. The zero-order valence-electron chi connectivity index (χ0n) is 11.1. The first kappa shape index (κ1) is 14.7. The number of amidine groups is 1. The second-order valence-corrected chi connectivity index (χ2v) is 5.39. The Hall–Kier alpha value is -1.69. The zero-order chi connectivity index (χ0) is 14.6. The SMILES string of the molecule is N/C(=N/O)C1(NC(=O)c2ccoc2Cl)CCCCCC1. The molecule has 0 bridgehead atoms. The summed E-state index contributed by atoms with van der Waals surface area (Å²) in [5, 5.41) is 15.0. The number of furan rings is 1. The van der Waals surface area contributed by atoms with Crippen molar-refractivity contribution in [2.75, 3.05) is 0 Å². The molecule has 2 rings (SSSR count). The number of nitrogens with one attached hydrogen (secondary N) is 1. The van der Waals surface area contributed by atoms with E-state index >= 15 is 0 Å². The van der Waals surface area contributed by atoms with E-state index < -0.39 is 5.54 Å². The Morgan fingerprint density at radius 2 is 2.05 bits per heavy atom. The van der Waals surface area contributed by atoms with Crippen molar-refractivity contribution < 1.29 is 14.4 Å². The first-order valence-electron chi connectivity index (χ1n) is 6.62. The van der Waals surface area contributed by atoms with Crippen molar-refractivity contribution in [3.8, 4) is 0 Å². The van der Waals surface area contributed by atoms with Crippen LogP contribution in [0.5, 0.6) is 0 Å². The maximum absolute atomic E-state index is 12.3. The van der Waals surface area contributed by atoms with Crippen molar-refractivity contribution >= 4 is 23.3 Å². The number of rotatable bonds is 3. The molecule has 0 saturated heterocycles. The molecule has 0 spiro atoms. The number of carbonyl (C=O) groups excluding carboxylic acids is 1. The lowest BCUT2D eigenvalue weighted by Crippen LogP contribution is -2.57. The van der Waals surface area contributed by atoms with E-state index in [-0.39, 0.29) is 22.5 Å². The van der Waals surface area contributed by atoms with Crippen molar-refractivity contribution in [1.29, 1.82) is 0 Å². The molecule has 4 N–H and O–H groups in total. The van der Waals surface area contributed by atoms with Gasteiger partial charge in [0.15, 0.2) is 5.84 Å². The van der Waals surface area contributed by atoms with Gasteiger partial charge in [0, 0.05) is 0 Å². The number of hydrogen-bond donors (Lipinski definition) is 3.